The minimum absolute atomic E-state index is 0.455. The van der Waals surface area contributed by atoms with E-state index in [2.05, 4.69) is 43.1 Å². The summed E-state index contributed by atoms with van der Waals surface area (Å²) < 4.78 is 5.21. The van der Waals surface area contributed by atoms with Crippen molar-refractivity contribution in [1.29, 1.82) is 0 Å². The maximum absolute atomic E-state index is 5.21. The molecule has 1 unspecified atom stereocenters. The van der Waals surface area contributed by atoms with Crippen LogP contribution in [0.2, 0.25) is 0 Å². The first kappa shape index (κ1) is 14.9. The highest BCUT2D eigenvalue weighted by Crippen LogP contribution is 2.14. The molecule has 0 heterocycles. The van der Waals surface area contributed by atoms with Gasteiger partial charge in [-0.05, 0) is 36.8 Å². The highest BCUT2D eigenvalue weighted by Gasteiger charge is 2.03. The van der Waals surface area contributed by atoms with E-state index in [0.29, 0.717) is 13.3 Å². The minimum Gasteiger partial charge on any atom is -0.360 e. The minimum atomic E-state index is 0.455. The highest BCUT2D eigenvalue weighted by atomic mass is 16.5. The first-order valence-electron chi connectivity index (χ1n) is 6.93. The molecule has 1 atom stereocenters. The van der Waals surface area contributed by atoms with Crippen molar-refractivity contribution in [1.82, 2.24) is 0 Å². The number of hydrogen-bond acceptors (Lipinski definition) is 2. The van der Waals surface area contributed by atoms with Gasteiger partial charge in [0.15, 0.2) is 0 Å². The molecule has 100 valence electrons. The van der Waals surface area contributed by atoms with Crippen molar-refractivity contribution in [2.75, 3.05) is 13.3 Å². The largest absolute Gasteiger partial charge is 0.360 e. The van der Waals surface area contributed by atoms with Crippen LogP contribution in [0.3, 0.4) is 0 Å². The summed E-state index contributed by atoms with van der Waals surface area (Å²) in [5.74, 6) is 0.790. The summed E-state index contributed by atoms with van der Waals surface area (Å²) in [6.45, 7) is 7.71. The average Bonchev–Trinajstić information content (AvgIpc) is 2.42. The molecular weight excluding hydrogens is 222 g/mol. The van der Waals surface area contributed by atoms with Gasteiger partial charge < -0.3 is 4.74 Å². The maximum Gasteiger partial charge on any atom is 0.137 e. The van der Waals surface area contributed by atoms with Gasteiger partial charge in [0.2, 0.25) is 0 Å². The van der Waals surface area contributed by atoms with Crippen LogP contribution in [0, 0.1) is 5.92 Å². The molecule has 0 spiro atoms. The van der Waals surface area contributed by atoms with Crippen LogP contribution in [-0.4, -0.2) is 19.6 Å². The lowest BCUT2D eigenvalue weighted by Crippen LogP contribution is -1.99. The second kappa shape index (κ2) is 8.87. The molecule has 0 aromatic heterocycles. The number of rotatable bonds is 8. The topological polar surface area (TPSA) is 21.6 Å². The van der Waals surface area contributed by atoms with Gasteiger partial charge in [0.25, 0.3) is 0 Å². The van der Waals surface area contributed by atoms with Gasteiger partial charge in [0, 0.05) is 12.8 Å². The van der Waals surface area contributed by atoms with Crippen LogP contribution in [0.5, 0.6) is 0 Å². The second-order valence-corrected chi connectivity index (χ2v) is 4.68. The lowest BCUT2D eigenvalue weighted by atomic mass is 9.96. The SMILES string of the molecule is CCOCN=Cc1ccccc1CCC(C)CC. The molecule has 2 heteroatoms. The Kier molecular flexibility index (Phi) is 7.35. The van der Waals surface area contributed by atoms with E-state index in [1.807, 2.05) is 13.1 Å². The van der Waals surface area contributed by atoms with Gasteiger partial charge in [-0.2, -0.15) is 0 Å². The Morgan fingerprint density at radius 1 is 1.28 bits per heavy atom. The molecule has 0 aliphatic heterocycles. The number of aliphatic imine (C=N–C) groups is 1. The van der Waals surface area contributed by atoms with Crippen molar-refractivity contribution in [3.63, 3.8) is 0 Å². The van der Waals surface area contributed by atoms with Crippen LogP contribution in [-0.2, 0) is 11.2 Å². The maximum atomic E-state index is 5.21. The quantitative estimate of drug-likeness (QED) is 0.501. The summed E-state index contributed by atoms with van der Waals surface area (Å²) in [5, 5.41) is 0. The molecule has 2 nitrogen and oxygen atoms in total. The third-order valence-corrected chi connectivity index (χ3v) is 3.26. The van der Waals surface area contributed by atoms with E-state index in [4.69, 9.17) is 4.74 Å². The molecule has 1 aromatic carbocycles. The third-order valence-electron chi connectivity index (χ3n) is 3.26. The molecule has 0 amide bonds. The van der Waals surface area contributed by atoms with E-state index >= 15 is 0 Å². The molecule has 1 rings (SSSR count). The zero-order valence-electron chi connectivity index (χ0n) is 11.9. The van der Waals surface area contributed by atoms with Crippen molar-refractivity contribution in [2.24, 2.45) is 10.9 Å². The van der Waals surface area contributed by atoms with Gasteiger partial charge in [-0.15, -0.1) is 0 Å². The van der Waals surface area contributed by atoms with Crippen LogP contribution in [0.25, 0.3) is 0 Å². The predicted octanol–water partition coefficient (Wildman–Crippen LogP) is 4.08. The van der Waals surface area contributed by atoms with E-state index in [1.54, 1.807) is 0 Å². The monoisotopic (exact) mass is 247 g/mol. The normalized spacial score (nSPS) is 13.1. The summed E-state index contributed by atoms with van der Waals surface area (Å²) >= 11 is 0. The van der Waals surface area contributed by atoms with Crippen molar-refractivity contribution in [2.45, 2.75) is 40.0 Å². The molecule has 0 bridgehead atoms. The standard InChI is InChI=1S/C16H25NO/c1-4-14(3)10-11-15-8-6-7-9-16(15)12-17-13-18-5-2/h6-9,12,14H,4-5,10-11,13H2,1-3H3. The number of aryl methyl sites for hydroxylation is 1. The van der Waals surface area contributed by atoms with Gasteiger partial charge in [-0.25, -0.2) is 0 Å². The zero-order chi connectivity index (χ0) is 13.2. The van der Waals surface area contributed by atoms with E-state index in [9.17, 15) is 0 Å². The Labute approximate surface area is 111 Å². The van der Waals surface area contributed by atoms with Crippen LogP contribution >= 0.6 is 0 Å². The molecule has 0 N–H and O–H groups in total. The molecule has 0 saturated heterocycles. The number of ether oxygens (including phenoxy) is 1. The summed E-state index contributed by atoms with van der Waals surface area (Å²) in [4.78, 5) is 4.29. The van der Waals surface area contributed by atoms with Crippen molar-refractivity contribution in [3.8, 4) is 0 Å². The average molecular weight is 247 g/mol. The summed E-state index contributed by atoms with van der Waals surface area (Å²) in [5.41, 5.74) is 2.61. The van der Waals surface area contributed by atoms with Gasteiger partial charge in [0.05, 0.1) is 0 Å². The van der Waals surface area contributed by atoms with Crippen LogP contribution < -0.4 is 0 Å². The van der Waals surface area contributed by atoms with Crippen molar-refractivity contribution >= 4 is 6.21 Å². The predicted molar refractivity (Wildman–Crippen MR) is 78.3 cm³/mol. The molecule has 0 radical (unpaired) electrons. The number of nitrogens with zero attached hydrogens (tertiary/aromatic N) is 1. The van der Waals surface area contributed by atoms with E-state index in [1.165, 1.54) is 24.0 Å². The zero-order valence-corrected chi connectivity index (χ0v) is 11.9. The Hall–Kier alpha value is -1.15. The Morgan fingerprint density at radius 3 is 2.78 bits per heavy atom. The van der Waals surface area contributed by atoms with Gasteiger partial charge in [-0.3, -0.25) is 4.99 Å². The first-order chi connectivity index (χ1) is 8.77. The lowest BCUT2D eigenvalue weighted by Gasteiger charge is -2.10. The smallest absolute Gasteiger partial charge is 0.137 e. The van der Waals surface area contributed by atoms with Crippen LogP contribution in [0.1, 0.15) is 44.7 Å². The first-order valence-corrected chi connectivity index (χ1v) is 6.93. The third kappa shape index (κ3) is 5.46. The Bertz CT molecular complexity index is 360. The molecular formula is C16H25NO. The molecule has 0 saturated carbocycles. The second-order valence-electron chi connectivity index (χ2n) is 4.68. The summed E-state index contributed by atoms with van der Waals surface area (Å²) in [7, 11) is 0. The van der Waals surface area contributed by atoms with E-state index < -0.39 is 0 Å². The molecule has 1 aromatic rings. The number of benzene rings is 1. The van der Waals surface area contributed by atoms with Gasteiger partial charge in [0.1, 0.15) is 6.73 Å². The van der Waals surface area contributed by atoms with Crippen molar-refractivity contribution < 1.29 is 4.74 Å². The van der Waals surface area contributed by atoms with Gasteiger partial charge >= 0.3 is 0 Å². The molecule has 0 aliphatic carbocycles. The fraction of sp³-hybridized carbons (Fsp3) is 0.562. The molecule has 0 fully saturated rings. The Morgan fingerprint density at radius 2 is 2.06 bits per heavy atom. The van der Waals surface area contributed by atoms with E-state index in [0.717, 1.165) is 12.3 Å². The molecule has 0 aliphatic rings. The summed E-state index contributed by atoms with van der Waals surface area (Å²) in [6, 6.07) is 8.49. The lowest BCUT2D eigenvalue weighted by molar-refractivity contribution is 0.157. The fourth-order valence-corrected chi connectivity index (χ4v) is 1.77. The number of hydrogen-bond donors (Lipinski definition) is 0. The Balaban J connectivity index is 2.58. The molecule has 18 heavy (non-hydrogen) atoms. The van der Waals surface area contributed by atoms with Gasteiger partial charge in [-0.1, -0.05) is 44.5 Å². The highest BCUT2D eigenvalue weighted by molar-refractivity contribution is 5.81. The fourth-order valence-electron chi connectivity index (χ4n) is 1.77. The van der Waals surface area contributed by atoms with Crippen LogP contribution in [0.4, 0.5) is 0 Å². The van der Waals surface area contributed by atoms with E-state index in [-0.39, 0.29) is 0 Å². The van der Waals surface area contributed by atoms with Crippen molar-refractivity contribution in [3.05, 3.63) is 35.4 Å². The van der Waals surface area contributed by atoms with Crippen LogP contribution in [0.15, 0.2) is 29.3 Å². The summed E-state index contributed by atoms with van der Waals surface area (Å²) in [6.07, 6.45) is 5.56.